The number of hydrogen-bond donors (Lipinski definition) is 1. The van der Waals surface area contributed by atoms with Crippen LogP contribution in [0.4, 0.5) is 17.1 Å². The second kappa shape index (κ2) is 9.29. The minimum absolute atomic E-state index is 0.880. The molecular weight excluding hydrogens is 356 g/mol. The third-order valence-electron chi connectivity index (χ3n) is 4.46. The first kappa shape index (κ1) is 18.4. The van der Waals surface area contributed by atoms with Crippen molar-refractivity contribution in [2.45, 2.75) is 0 Å². The van der Waals surface area contributed by atoms with Gasteiger partial charge in [-0.2, -0.15) is 0 Å². The Hall–Kier alpha value is -3.98. The Kier molecular flexibility index (Phi) is 5.89. The fourth-order valence-electron chi connectivity index (χ4n) is 3.11. The Morgan fingerprint density at radius 3 is 1.45 bits per heavy atom. The van der Waals surface area contributed by atoms with Crippen LogP contribution in [0.1, 0.15) is 5.56 Å². The van der Waals surface area contributed by atoms with E-state index in [1.165, 1.54) is 17.1 Å². The maximum absolute atomic E-state index is 5.09. The number of hydroxylamine groups is 1. The number of nitrogens with zero attached hydrogens (tertiary/aromatic N) is 1. The lowest BCUT2D eigenvalue weighted by atomic mass is 10.2. The minimum Gasteiger partial charge on any atom is -0.382 e. The molecule has 1 aliphatic heterocycles. The molecule has 3 nitrogen and oxygen atoms in total. The summed E-state index contributed by atoms with van der Waals surface area (Å²) in [7, 11) is 0. The number of fused-ring (bicyclic) bond motifs is 1. The predicted octanol–water partition coefficient (Wildman–Crippen LogP) is 6.71. The summed E-state index contributed by atoms with van der Waals surface area (Å²) in [5.74, 6) is 0.880. The summed E-state index contributed by atoms with van der Waals surface area (Å²) in [5.41, 5.74) is 7.27. The van der Waals surface area contributed by atoms with Crippen LogP contribution >= 0.6 is 0 Å². The first-order valence-corrected chi connectivity index (χ1v) is 9.55. The number of anilines is 3. The summed E-state index contributed by atoms with van der Waals surface area (Å²) >= 11 is 0. The van der Waals surface area contributed by atoms with Gasteiger partial charge in [-0.15, -0.1) is 0 Å². The minimum atomic E-state index is 0.880. The summed E-state index contributed by atoms with van der Waals surface area (Å²) in [6, 6.07) is 39.1. The zero-order chi connectivity index (χ0) is 19.7. The molecule has 3 heteroatoms. The fraction of sp³-hybridized carbons (Fsp3) is 0. The molecule has 0 radical (unpaired) electrons. The van der Waals surface area contributed by atoms with Gasteiger partial charge in [0.05, 0.1) is 0 Å². The smallest absolute Gasteiger partial charge is 0.162 e. The van der Waals surface area contributed by atoms with Gasteiger partial charge in [0.2, 0.25) is 0 Å². The van der Waals surface area contributed by atoms with Gasteiger partial charge in [0.1, 0.15) is 0 Å². The van der Waals surface area contributed by atoms with Gasteiger partial charge in [-0.25, -0.2) is 5.48 Å². The highest BCUT2D eigenvalue weighted by Gasteiger charge is 2.10. The molecule has 142 valence electrons. The molecule has 4 aromatic rings. The largest absolute Gasteiger partial charge is 0.382 e. The van der Waals surface area contributed by atoms with Crippen LogP contribution in [-0.2, 0) is 0 Å². The molecule has 0 unspecified atom stereocenters. The Morgan fingerprint density at radius 2 is 0.966 bits per heavy atom. The number of rotatable bonds is 3. The van der Waals surface area contributed by atoms with Gasteiger partial charge in [-0.05, 0) is 48.5 Å². The summed E-state index contributed by atoms with van der Waals surface area (Å²) < 4.78 is 0. The standard InChI is InChI=1S/C18H15N.C8H7NO/c1-4-10-16(11-5-1)19(17-12-6-2-7-13-17)18-14-8-3-9-15-18;1-2-4-8-7(3-1)5-6-9-10-8/h1-15H;1-6,9H. The molecule has 0 aromatic heterocycles. The molecule has 0 saturated heterocycles. The number of nitrogens with one attached hydrogen (secondary N) is 1. The normalized spacial score (nSPS) is 11.2. The van der Waals surface area contributed by atoms with Crippen LogP contribution in [0.3, 0.4) is 0 Å². The van der Waals surface area contributed by atoms with E-state index in [1.807, 2.05) is 48.5 Å². The molecule has 0 aliphatic carbocycles. The third-order valence-corrected chi connectivity index (χ3v) is 4.46. The molecule has 0 spiro atoms. The van der Waals surface area contributed by atoms with Crippen molar-refractivity contribution in [1.82, 2.24) is 5.48 Å². The topological polar surface area (TPSA) is 24.5 Å². The molecule has 5 rings (SSSR count). The fourth-order valence-corrected chi connectivity index (χ4v) is 3.11. The van der Waals surface area contributed by atoms with Gasteiger partial charge in [-0.1, -0.05) is 72.8 Å². The third kappa shape index (κ3) is 4.66. The Labute approximate surface area is 171 Å². The molecule has 0 amide bonds. The average molecular weight is 378 g/mol. The van der Waals surface area contributed by atoms with Crippen molar-refractivity contribution < 1.29 is 4.84 Å². The van der Waals surface area contributed by atoms with Crippen molar-refractivity contribution in [3.05, 3.63) is 127 Å². The van der Waals surface area contributed by atoms with Crippen molar-refractivity contribution in [2.24, 2.45) is 0 Å². The maximum Gasteiger partial charge on any atom is 0.162 e. The van der Waals surface area contributed by atoms with E-state index in [0.29, 0.717) is 0 Å². The number of para-hydroxylation sites is 4. The highest BCUT2D eigenvalue weighted by atomic mass is 16.6. The molecule has 0 bridgehead atoms. The molecule has 1 N–H and O–H groups in total. The van der Waals surface area contributed by atoms with Crippen molar-refractivity contribution in [1.29, 1.82) is 0 Å². The van der Waals surface area contributed by atoms with Crippen molar-refractivity contribution in [2.75, 3.05) is 4.90 Å². The molecule has 1 heterocycles. The summed E-state index contributed by atoms with van der Waals surface area (Å²) in [6.07, 6.45) is 3.74. The highest BCUT2D eigenvalue weighted by Crippen LogP contribution is 2.33. The molecule has 1 aliphatic rings. The van der Waals surface area contributed by atoms with Gasteiger partial charge in [0, 0.05) is 28.8 Å². The van der Waals surface area contributed by atoms with E-state index in [9.17, 15) is 0 Å². The van der Waals surface area contributed by atoms with Gasteiger partial charge < -0.3 is 9.74 Å². The zero-order valence-corrected chi connectivity index (χ0v) is 16.0. The monoisotopic (exact) mass is 378 g/mol. The van der Waals surface area contributed by atoms with Crippen LogP contribution in [-0.4, -0.2) is 0 Å². The molecule has 4 aromatic carbocycles. The van der Waals surface area contributed by atoms with Crippen LogP contribution in [0.15, 0.2) is 121 Å². The summed E-state index contributed by atoms with van der Waals surface area (Å²) in [5, 5.41) is 0. The van der Waals surface area contributed by atoms with E-state index in [-0.39, 0.29) is 0 Å². The maximum atomic E-state index is 5.09. The molecule has 0 saturated carbocycles. The van der Waals surface area contributed by atoms with E-state index in [4.69, 9.17) is 4.84 Å². The van der Waals surface area contributed by atoms with Crippen molar-refractivity contribution in [3.63, 3.8) is 0 Å². The summed E-state index contributed by atoms with van der Waals surface area (Å²) in [4.78, 5) is 7.34. The van der Waals surface area contributed by atoms with E-state index in [0.717, 1.165) is 11.3 Å². The Balaban J connectivity index is 0.000000171. The quantitative estimate of drug-likeness (QED) is 0.429. The van der Waals surface area contributed by atoms with E-state index in [2.05, 4.69) is 83.2 Å². The first-order chi connectivity index (χ1) is 14.4. The van der Waals surface area contributed by atoms with Crippen LogP contribution < -0.4 is 15.2 Å². The van der Waals surface area contributed by atoms with E-state index in [1.54, 1.807) is 6.20 Å². The van der Waals surface area contributed by atoms with E-state index < -0.39 is 0 Å². The Morgan fingerprint density at radius 1 is 0.517 bits per heavy atom. The lowest BCUT2D eigenvalue weighted by Crippen LogP contribution is -2.13. The van der Waals surface area contributed by atoms with Gasteiger partial charge >= 0.3 is 0 Å². The van der Waals surface area contributed by atoms with Gasteiger partial charge in [0.25, 0.3) is 0 Å². The van der Waals surface area contributed by atoms with Crippen molar-refractivity contribution >= 4 is 23.1 Å². The first-order valence-electron chi connectivity index (χ1n) is 9.55. The van der Waals surface area contributed by atoms with Crippen molar-refractivity contribution in [3.8, 4) is 5.75 Å². The lowest BCUT2D eigenvalue weighted by Gasteiger charge is -2.25. The molecule has 0 fully saturated rings. The van der Waals surface area contributed by atoms with Crippen LogP contribution in [0, 0.1) is 0 Å². The highest BCUT2D eigenvalue weighted by molar-refractivity contribution is 5.76. The molecule has 0 atom stereocenters. The van der Waals surface area contributed by atoms with Gasteiger partial charge in [-0.3, -0.25) is 0 Å². The SMILES string of the molecule is C1=Cc2ccccc2ON1.c1ccc(N(c2ccccc2)c2ccccc2)cc1. The summed E-state index contributed by atoms with van der Waals surface area (Å²) in [6.45, 7) is 0. The Bertz CT molecular complexity index is 954. The van der Waals surface area contributed by atoms with Crippen LogP contribution in [0.2, 0.25) is 0 Å². The molecular formula is C26H22N2O. The zero-order valence-electron chi connectivity index (χ0n) is 16.0. The van der Waals surface area contributed by atoms with E-state index >= 15 is 0 Å². The second-order valence-corrected chi connectivity index (χ2v) is 6.43. The lowest BCUT2D eigenvalue weighted by molar-refractivity contribution is 0.239. The van der Waals surface area contributed by atoms with Gasteiger partial charge in [0.15, 0.2) is 5.75 Å². The predicted molar refractivity (Wildman–Crippen MR) is 120 cm³/mol. The number of hydrogen-bond acceptors (Lipinski definition) is 3. The molecule has 29 heavy (non-hydrogen) atoms. The second-order valence-electron chi connectivity index (χ2n) is 6.43. The average Bonchev–Trinajstić information content (AvgIpc) is 2.82. The van der Waals surface area contributed by atoms with Crippen LogP contribution in [0.25, 0.3) is 6.08 Å². The number of benzene rings is 4. The van der Waals surface area contributed by atoms with Crippen LogP contribution in [0.5, 0.6) is 5.75 Å².